The van der Waals surface area contributed by atoms with Gasteiger partial charge in [-0.1, -0.05) is 40.0 Å². The molecule has 0 fully saturated rings. The topological polar surface area (TPSA) is 38.3 Å². The van der Waals surface area contributed by atoms with Gasteiger partial charge in [0.25, 0.3) is 0 Å². The lowest BCUT2D eigenvalue weighted by atomic mass is 10.2. The summed E-state index contributed by atoms with van der Waals surface area (Å²) in [6.45, 7) is 7.96. The van der Waals surface area contributed by atoms with Gasteiger partial charge < -0.3 is 10.1 Å². The third kappa shape index (κ3) is 11.4. The summed E-state index contributed by atoms with van der Waals surface area (Å²) in [5.74, 6) is 0.495. The van der Waals surface area contributed by atoms with E-state index in [1.807, 2.05) is 0 Å². The molecule has 3 heteroatoms. The number of hydrogen-bond donors (Lipinski definition) is 1. The minimum atomic E-state index is 0.00662. The first kappa shape index (κ1) is 14.4. The van der Waals surface area contributed by atoms with Crippen LogP contribution in [0.5, 0.6) is 0 Å². The number of unbranched alkanes of at least 4 members (excludes halogenated alkanes) is 3. The van der Waals surface area contributed by atoms with Gasteiger partial charge >= 0.3 is 0 Å². The normalized spacial score (nSPS) is 10.7. The number of hydrogen-bond acceptors (Lipinski definition) is 2. The molecule has 0 aliphatic heterocycles. The molecule has 0 aliphatic rings. The Bertz CT molecular complexity index is 158. The van der Waals surface area contributed by atoms with Crippen molar-refractivity contribution in [2.24, 2.45) is 5.92 Å². The van der Waals surface area contributed by atoms with Crippen LogP contribution in [0.25, 0.3) is 0 Å². The molecule has 0 spiro atoms. The maximum Gasteiger partial charge on any atom is 0.245 e. The lowest BCUT2D eigenvalue weighted by Gasteiger charge is -2.07. The Kier molecular flexibility index (Phi) is 9.59. The number of carbonyl (C=O) groups excluding carboxylic acids is 1. The Morgan fingerprint density at radius 1 is 1.27 bits per heavy atom. The third-order valence-corrected chi connectivity index (χ3v) is 2.04. The molecule has 0 bridgehead atoms. The fraction of sp³-hybridized carbons (Fsp3) is 0.917. The van der Waals surface area contributed by atoms with Crippen LogP contribution in [0.3, 0.4) is 0 Å². The quantitative estimate of drug-likeness (QED) is 0.600. The Hall–Kier alpha value is -0.570. The summed E-state index contributed by atoms with van der Waals surface area (Å²) < 4.78 is 5.22. The van der Waals surface area contributed by atoms with E-state index >= 15 is 0 Å². The zero-order valence-corrected chi connectivity index (χ0v) is 10.3. The molecule has 1 N–H and O–H groups in total. The minimum absolute atomic E-state index is 0.00662. The Morgan fingerprint density at radius 2 is 2.00 bits per heavy atom. The summed E-state index contributed by atoms with van der Waals surface area (Å²) >= 11 is 0. The smallest absolute Gasteiger partial charge is 0.245 e. The van der Waals surface area contributed by atoms with Crippen molar-refractivity contribution < 1.29 is 9.53 Å². The van der Waals surface area contributed by atoms with Gasteiger partial charge in [-0.3, -0.25) is 4.79 Å². The molecule has 0 unspecified atom stereocenters. The van der Waals surface area contributed by atoms with E-state index in [1.165, 1.54) is 19.3 Å². The molecule has 1 amide bonds. The van der Waals surface area contributed by atoms with E-state index < -0.39 is 0 Å². The van der Waals surface area contributed by atoms with Crippen LogP contribution in [0.4, 0.5) is 0 Å². The van der Waals surface area contributed by atoms with Gasteiger partial charge in [0.1, 0.15) is 6.61 Å². The van der Waals surface area contributed by atoms with Crippen molar-refractivity contribution in [1.29, 1.82) is 0 Å². The van der Waals surface area contributed by atoms with Crippen LogP contribution < -0.4 is 5.32 Å². The molecule has 0 heterocycles. The number of ether oxygens (including phenoxy) is 1. The standard InChI is InChI=1S/C12H25NO2/c1-4-5-6-7-8-13-12(14)10-15-9-11(2)3/h11H,4-10H2,1-3H3,(H,13,14). The van der Waals surface area contributed by atoms with Crippen molar-refractivity contribution in [3.8, 4) is 0 Å². The summed E-state index contributed by atoms with van der Waals surface area (Å²) in [6, 6.07) is 0. The average Bonchev–Trinajstić information content (AvgIpc) is 2.17. The second-order valence-electron chi connectivity index (χ2n) is 4.32. The van der Waals surface area contributed by atoms with E-state index in [1.54, 1.807) is 0 Å². The van der Waals surface area contributed by atoms with E-state index in [9.17, 15) is 4.79 Å². The molecular weight excluding hydrogens is 190 g/mol. The van der Waals surface area contributed by atoms with Crippen LogP contribution in [-0.2, 0) is 9.53 Å². The van der Waals surface area contributed by atoms with Gasteiger partial charge in [0.05, 0.1) is 0 Å². The van der Waals surface area contributed by atoms with Gasteiger partial charge in [0.15, 0.2) is 0 Å². The number of rotatable bonds is 9. The molecule has 0 aromatic rings. The first-order valence-corrected chi connectivity index (χ1v) is 6.01. The lowest BCUT2D eigenvalue weighted by molar-refractivity contribution is -0.126. The van der Waals surface area contributed by atoms with E-state index in [2.05, 4.69) is 26.1 Å². The SMILES string of the molecule is CCCCCCNC(=O)COCC(C)C. The Morgan fingerprint density at radius 3 is 2.60 bits per heavy atom. The van der Waals surface area contributed by atoms with Crippen LogP contribution in [0, 0.1) is 5.92 Å². The minimum Gasteiger partial charge on any atom is -0.371 e. The van der Waals surface area contributed by atoms with E-state index in [0.29, 0.717) is 12.5 Å². The van der Waals surface area contributed by atoms with Crippen molar-refractivity contribution in [3.05, 3.63) is 0 Å². The predicted octanol–water partition coefficient (Wildman–Crippen LogP) is 2.36. The highest BCUT2D eigenvalue weighted by molar-refractivity contribution is 5.77. The maximum atomic E-state index is 11.2. The molecule has 0 aliphatic carbocycles. The third-order valence-electron chi connectivity index (χ3n) is 2.04. The van der Waals surface area contributed by atoms with Crippen molar-refractivity contribution in [2.75, 3.05) is 19.8 Å². The molecule has 0 saturated heterocycles. The maximum absolute atomic E-state index is 11.2. The van der Waals surface area contributed by atoms with Crippen molar-refractivity contribution in [3.63, 3.8) is 0 Å². The van der Waals surface area contributed by atoms with Gasteiger partial charge in [0.2, 0.25) is 5.91 Å². The second-order valence-corrected chi connectivity index (χ2v) is 4.32. The number of nitrogens with one attached hydrogen (secondary N) is 1. The van der Waals surface area contributed by atoms with Crippen molar-refractivity contribution >= 4 is 5.91 Å². The molecule has 15 heavy (non-hydrogen) atoms. The molecule has 0 atom stereocenters. The lowest BCUT2D eigenvalue weighted by Crippen LogP contribution is -2.29. The summed E-state index contributed by atoms with van der Waals surface area (Å²) in [5, 5.41) is 2.85. The fourth-order valence-electron chi connectivity index (χ4n) is 1.22. The van der Waals surface area contributed by atoms with Crippen LogP contribution in [0.2, 0.25) is 0 Å². The van der Waals surface area contributed by atoms with Gasteiger partial charge in [-0.2, -0.15) is 0 Å². The van der Waals surface area contributed by atoms with Crippen LogP contribution in [0.15, 0.2) is 0 Å². The van der Waals surface area contributed by atoms with Crippen LogP contribution in [0.1, 0.15) is 46.5 Å². The van der Waals surface area contributed by atoms with Gasteiger partial charge in [0, 0.05) is 13.2 Å². The van der Waals surface area contributed by atoms with Crippen molar-refractivity contribution in [2.45, 2.75) is 46.5 Å². The first-order chi connectivity index (χ1) is 7.16. The molecule has 0 aromatic heterocycles. The zero-order valence-electron chi connectivity index (χ0n) is 10.3. The predicted molar refractivity (Wildman–Crippen MR) is 62.8 cm³/mol. The highest BCUT2D eigenvalue weighted by Gasteiger charge is 2.01. The highest BCUT2D eigenvalue weighted by atomic mass is 16.5. The monoisotopic (exact) mass is 215 g/mol. The Labute approximate surface area is 93.6 Å². The summed E-state index contributed by atoms with van der Waals surface area (Å²) in [4.78, 5) is 11.2. The van der Waals surface area contributed by atoms with Crippen LogP contribution >= 0.6 is 0 Å². The van der Waals surface area contributed by atoms with E-state index in [-0.39, 0.29) is 12.5 Å². The van der Waals surface area contributed by atoms with E-state index in [0.717, 1.165) is 13.0 Å². The number of carbonyl (C=O) groups is 1. The Balaban J connectivity index is 3.19. The molecule has 0 rings (SSSR count). The summed E-state index contributed by atoms with van der Waals surface area (Å²) in [5.41, 5.74) is 0. The van der Waals surface area contributed by atoms with Crippen LogP contribution in [-0.4, -0.2) is 25.7 Å². The average molecular weight is 215 g/mol. The molecule has 3 nitrogen and oxygen atoms in total. The number of amides is 1. The van der Waals surface area contributed by atoms with Gasteiger partial charge in [-0.25, -0.2) is 0 Å². The first-order valence-electron chi connectivity index (χ1n) is 6.01. The van der Waals surface area contributed by atoms with Gasteiger partial charge in [-0.05, 0) is 12.3 Å². The molecule has 90 valence electrons. The summed E-state index contributed by atoms with van der Waals surface area (Å²) in [6.07, 6.45) is 4.75. The molecule has 0 aromatic carbocycles. The van der Waals surface area contributed by atoms with Gasteiger partial charge in [-0.15, -0.1) is 0 Å². The zero-order chi connectivity index (χ0) is 11.5. The molecular formula is C12H25NO2. The van der Waals surface area contributed by atoms with E-state index in [4.69, 9.17) is 4.74 Å². The van der Waals surface area contributed by atoms with Crippen molar-refractivity contribution in [1.82, 2.24) is 5.32 Å². The highest BCUT2D eigenvalue weighted by Crippen LogP contribution is 1.97. The fourth-order valence-corrected chi connectivity index (χ4v) is 1.22. The summed E-state index contributed by atoms with van der Waals surface area (Å²) in [7, 11) is 0. The molecule has 0 radical (unpaired) electrons. The largest absolute Gasteiger partial charge is 0.371 e. The molecule has 0 saturated carbocycles. The second kappa shape index (κ2) is 9.97.